The SMILES string of the molecule is COc1ccc(-c2cn(Cc3ccccc3)nn2)cc1.COc1ccc(-c2cn(Cc3ccccc3)nn2)cc1. The lowest BCUT2D eigenvalue weighted by molar-refractivity contribution is 0.415. The number of ether oxygens (including phenoxy) is 2. The van der Waals surface area contributed by atoms with E-state index in [1.54, 1.807) is 14.2 Å². The second kappa shape index (κ2) is 13.0. The van der Waals surface area contributed by atoms with Crippen molar-refractivity contribution in [1.29, 1.82) is 0 Å². The minimum absolute atomic E-state index is 0.726. The van der Waals surface area contributed by atoms with Gasteiger partial charge in [0.1, 0.15) is 22.9 Å². The number of hydrogen-bond acceptors (Lipinski definition) is 6. The first-order valence-corrected chi connectivity index (χ1v) is 12.9. The highest BCUT2D eigenvalue weighted by atomic mass is 16.5. The van der Waals surface area contributed by atoms with Crippen molar-refractivity contribution in [1.82, 2.24) is 30.0 Å². The first-order valence-electron chi connectivity index (χ1n) is 12.9. The van der Waals surface area contributed by atoms with Crippen LogP contribution in [0, 0.1) is 0 Å². The molecule has 0 saturated carbocycles. The fraction of sp³-hybridized carbons (Fsp3) is 0.125. The Hall–Kier alpha value is -5.24. The maximum Gasteiger partial charge on any atom is 0.118 e. The Balaban J connectivity index is 0.000000161. The van der Waals surface area contributed by atoms with Crippen LogP contribution in [0.1, 0.15) is 11.1 Å². The molecule has 6 aromatic rings. The van der Waals surface area contributed by atoms with Crippen molar-refractivity contribution >= 4 is 0 Å². The van der Waals surface area contributed by atoms with Crippen molar-refractivity contribution in [3.05, 3.63) is 133 Å². The lowest BCUT2D eigenvalue weighted by atomic mass is 10.1. The Bertz CT molecular complexity index is 1470. The van der Waals surface area contributed by atoms with Gasteiger partial charge in [-0.2, -0.15) is 0 Å². The van der Waals surface area contributed by atoms with E-state index in [2.05, 4.69) is 44.9 Å². The smallest absolute Gasteiger partial charge is 0.118 e. The van der Waals surface area contributed by atoms with Gasteiger partial charge in [-0.25, -0.2) is 9.36 Å². The van der Waals surface area contributed by atoms with E-state index in [9.17, 15) is 0 Å². The zero-order valence-electron chi connectivity index (χ0n) is 22.5. The van der Waals surface area contributed by atoms with E-state index < -0.39 is 0 Å². The van der Waals surface area contributed by atoms with Crippen molar-refractivity contribution in [3.8, 4) is 34.0 Å². The van der Waals surface area contributed by atoms with Crippen LogP contribution in [0.15, 0.2) is 122 Å². The molecule has 0 bridgehead atoms. The van der Waals surface area contributed by atoms with Crippen molar-refractivity contribution in [2.24, 2.45) is 0 Å². The summed E-state index contributed by atoms with van der Waals surface area (Å²) in [5, 5.41) is 16.8. The second-order valence-corrected chi connectivity index (χ2v) is 9.03. The summed E-state index contributed by atoms with van der Waals surface area (Å²) in [7, 11) is 3.32. The molecule has 0 spiro atoms. The van der Waals surface area contributed by atoms with Crippen molar-refractivity contribution < 1.29 is 9.47 Å². The Morgan fingerprint density at radius 1 is 0.500 bits per heavy atom. The summed E-state index contributed by atoms with van der Waals surface area (Å²) in [6, 6.07) is 36.0. The third-order valence-corrected chi connectivity index (χ3v) is 6.22. The summed E-state index contributed by atoms with van der Waals surface area (Å²) in [6.07, 6.45) is 3.91. The molecule has 0 atom stereocenters. The van der Waals surface area contributed by atoms with Gasteiger partial charge in [0.25, 0.3) is 0 Å². The maximum atomic E-state index is 5.15. The molecule has 0 amide bonds. The highest BCUT2D eigenvalue weighted by Gasteiger charge is 2.06. The molecular weight excluding hydrogens is 500 g/mol. The van der Waals surface area contributed by atoms with E-state index >= 15 is 0 Å². The third kappa shape index (κ3) is 6.99. The molecule has 40 heavy (non-hydrogen) atoms. The highest BCUT2D eigenvalue weighted by Crippen LogP contribution is 2.21. The number of aromatic nitrogens is 6. The molecule has 0 fully saturated rings. The average Bonchev–Trinajstić information content (AvgIpc) is 3.69. The largest absolute Gasteiger partial charge is 0.497 e. The van der Waals surface area contributed by atoms with Crippen LogP contribution < -0.4 is 9.47 Å². The molecule has 4 aromatic carbocycles. The Kier molecular flexibility index (Phi) is 8.58. The monoisotopic (exact) mass is 530 g/mol. The fourth-order valence-corrected chi connectivity index (χ4v) is 4.08. The van der Waals surface area contributed by atoms with Crippen molar-refractivity contribution in [2.75, 3.05) is 14.2 Å². The van der Waals surface area contributed by atoms with Crippen LogP contribution in [0.4, 0.5) is 0 Å². The highest BCUT2D eigenvalue weighted by molar-refractivity contribution is 5.59. The van der Waals surface area contributed by atoms with Gasteiger partial charge in [-0.05, 0) is 59.7 Å². The van der Waals surface area contributed by atoms with E-state index in [0.717, 1.165) is 47.1 Å². The summed E-state index contributed by atoms with van der Waals surface area (Å²) in [5.41, 5.74) is 6.21. The van der Waals surface area contributed by atoms with E-state index in [-0.39, 0.29) is 0 Å². The van der Waals surface area contributed by atoms with Crippen LogP contribution in [0.25, 0.3) is 22.5 Å². The second-order valence-electron chi connectivity index (χ2n) is 9.03. The summed E-state index contributed by atoms with van der Waals surface area (Å²) >= 11 is 0. The summed E-state index contributed by atoms with van der Waals surface area (Å²) in [5.74, 6) is 1.68. The molecule has 200 valence electrons. The van der Waals surface area contributed by atoms with Crippen molar-refractivity contribution in [3.63, 3.8) is 0 Å². The molecule has 0 unspecified atom stereocenters. The third-order valence-electron chi connectivity index (χ3n) is 6.22. The Morgan fingerprint density at radius 2 is 0.875 bits per heavy atom. The predicted molar refractivity (Wildman–Crippen MR) is 155 cm³/mol. The molecule has 6 rings (SSSR count). The Morgan fingerprint density at radius 3 is 1.23 bits per heavy atom. The first-order chi connectivity index (χ1) is 19.7. The van der Waals surface area contributed by atoms with Gasteiger partial charge in [0.05, 0.1) is 39.7 Å². The van der Waals surface area contributed by atoms with Gasteiger partial charge in [0.2, 0.25) is 0 Å². The van der Waals surface area contributed by atoms with Crippen LogP contribution in [0.3, 0.4) is 0 Å². The van der Waals surface area contributed by atoms with Gasteiger partial charge in [0, 0.05) is 11.1 Å². The van der Waals surface area contributed by atoms with Crippen molar-refractivity contribution in [2.45, 2.75) is 13.1 Å². The lowest BCUT2D eigenvalue weighted by Crippen LogP contribution is -1.99. The molecule has 0 saturated heterocycles. The summed E-state index contributed by atoms with van der Waals surface area (Å²) in [6.45, 7) is 1.45. The van der Waals surface area contributed by atoms with Gasteiger partial charge < -0.3 is 9.47 Å². The molecular formula is C32H30N6O2. The fourth-order valence-electron chi connectivity index (χ4n) is 4.08. The van der Waals surface area contributed by atoms with Crippen LogP contribution in [0.2, 0.25) is 0 Å². The Labute approximate surface area is 233 Å². The molecule has 2 aromatic heterocycles. The minimum Gasteiger partial charge on any atom is -0.497 e. The van der Waals surface area contributed by atoms with Crippen LogP contribution in [0.5, 0.6) is 11.5 Å². The maximum absolute atomic E-state index is 5.15. The van der Waals surface area contributed by atoms with E-state index in [0.29, 0.717) is 0 Å². The average molecular weight is 531 g/mol. The number of rotatable bonds is 8. The number of benzene rings is 4. The van der Waals surface area contributed by atoms with E-state index in [1.165, 1.54) is 11.1 Å². The standard InChI is InChI=1S/2C16H15N3O/c2*1-20-15-9-7-14(8-10-15)16-12-19(18-17-16)11-13-5-3-2-4-6-13/h2*2-10,12H,11H2,1H3. The van der Waals surface area contributed by atoms with Crippen LogP contribution in [-0.2, 0) is 13.1 Å². The topological polar surface area (TPSA) is 79.9 Å². The first kappa shape index (κ1) is 26.4. The lowest BCUT2D eigenvalue weighted by Gasteiger charge is -2.00. The molecule has 8 nitrogen and oxygen atoms in total. The minimum atomic E-state index is 0.726. The van der Waals surface area contributed by atoms with Gasteiger partial charge in [-0.1, -0.05) is 71.1 Å². The van der Waals surface area contributed by atoms with E-state index in [1.807, 2.05) is 107 Å². The summed E-state index contributed by atoms with van der Waals surface area (Å²) < 4.78 is 14.0. The van der Waals surface area contributed by atoms with Gasteiger partial charge in [-0.3, -0.25) is 0 Å². The quantitative estimate of drug-likeness (QED) is 0.240. The number of methoxy groups -OCH3 is 2. The van der Waals surface area contributed by atoms with Gasteiger partial charge in [-0.15, -0.1) is 10.2 Å². The zero-order chi connectivity index (χ0) is 27.6. The molecule has 0 N–H and O–H groups in total. The van der Waals surface area contributed by atoms with Crippen LogP contribution >= 0.6 is 0 Å². The molecule has 0 aliphatic carbocycles. The molecule has 0 aliphatic rings. The van der Waals surface area contributed by atoms with Crippen LogP contribution in [-0.4, -0.2) is 44.2 Å². The van der Waals surface area contributed by atoms with E-state index in [4.69, 9.17) is 9.47 Å². The normalized spacial score (nSPS) is 10.4. The number of nitrogens with zero attached hydrogens (tertiary/aromatic N) is 6. The summed E-state index contributed by atoms with van der Waals surface area (Å²) in [4.78, 5) is 0. The number of hydrogen-bond donors (Lipinski definition) is 0. The molecule has 8 heteroatoms. The predicted octanol–water partition coefficient (Wildman–Crippen LogP) is 6.00. The molecule has 0 radical (unpaired) electrons. The molecule has 2 heterocycles. The van der Waals surface area contributed by atoms with Gasteiger partial charge in [0.15, 0.2) is 0 Å². The van der Waals surface area contributed by atoms with Gasteiger partial charge >= 0.3 is 0 Å². The molecule has 0 aliphatic heterocycles. The zero-order valence-corrected chi connectivity index (χ0v) is 22.5.